The number of benzene rings is 1. The molecule has 1 rings (SSSR count). The third-order valence-electron chi connectivity index (χ3n) is 1.40. The highest BCUT2D eigenvalue weighted by Gasteiger charge is 1.91. The first kappa shape index (κ1) is 8.05. The normalized spacial score (nSPS) is 9.64. The van der Waals surface area contributed by atoms with Crippen molar-refractivity contribution in [1.82, 2.24) is 0 Å². The van der Waals surface area contributed by atoms with Crippen LogP contribution >= 0.6 is 0 Å². The van der Waals surface area contributed by atoms with E-state index in [0.29, 0.717) is 0 Å². The van der Waals surface area contributed by atoms with E-state index in [4.69, 9.17) is 0 Å². The molecule has 0 bridgehead atoms. The zero-order valence-electron chi connectivity index (χ0n) is 6.60. The lowest BCUT2D eigenvalue weighted by Crippen LogP contribution is -1.99. The number of hydrogen-bond donors (Lipinski definition) is 1. The van der Waals surface area contributed by atoms with Crippen molar-refractivity contribution in [1.29, 1.82) is 0 Å². The summed E-state index contributed by atoms with van der Waals surface area (Å²) in [5.74, 6) is -0.189. The minimum Gasteiger partial charge on any atom is -0.385 e. The maximum Gasteiger partial charge on any atom is 0.125 e. The fourth-order valence-electron chi connectivity index (χ4n) is 0.868. The highest BCUT2D eigenvalue weighted by molar-refractivity contribution is 5.42. The molecule has 0 spiro atoms. The zero-order chi connectivity index (χ0) is 8.10. The van der Waals surface area contributed by atoms with E-state index in [-0.39, 0.29) is 5.82 Å². The van der Waals surface area contributed by atoms with Crippen LogP contribution in [0.25, 0.3) is 0 Å². The molecule has 2 heteroatoms. The summed E-state index contributed by atoms with van der Waals surface area (Å²) in [6.45, 7) is 2.97. The minimum atomic E-state index is -0.189. The van der Waals surface area contributed by atoms with Gasteiger partial charge in [-0.3, -0.25) is 0 Å². The molecule has 11 heavy (non-hydrogen) atoms. The van der Waals surface area contributed by atoms with Crippen molar-refractivity contribution in [3.8, 4) is 0 Å². The van der Waals surface area contributed by atoms with Crippen LogP contribution < -0.4 is 5.32 Å². The summed E-state index contributed by atoms with van der Waals surface area (Å²) < 4.78 is 12.6. The number of anilines is 1. The van der Waals surface area contributed by atoms with Crippen LogP contribution in [-0.4, -0.2) is 6.54 Å². The molecule has 0 aromatic heterocycles. The lowest BCUT2D eigenvalue weighted by Gasteiger charge is -2.02. The van der Waals surface area contributed by atoms with Crippen molar-refractivity contribution in [2.24, 2.45) is 0 Å². The van der Waals surface area contributed by atoms with Crippen molar-refractivity contribution in [3.05, 3.63) is 30.1 Å². The number of hydrogen-bond acceptors (Lipinski definition) is 1. The van der Waals surface area contributed by atoms with Gasteiger partial charge in [-0.05, 0) is 24.6 Å². The fraction of sp³-hybridized carbons (Fsp3) is 0.333. The molecule has 0 aliphatic heterocycles. The summed E-state index contributed by atoms with van der Waals surface area (Å²) in [4.78, 5) is 0. The van der Waals surface area contributed by atoms with Gasteiger partial charge in [0.1, 0.15) is 5.82 Å². The molecular weight excluding hydrogens is 141 g/mol. The van der Waals surface area contributed by atoms with Crippen LogP contribution in [0, 0.1) is 5.82 Å². The predicted molar refractivity (Wildman–Crippen MR) is 45.2 cm³/mol. The van der Waals surface area contributed by atoms with Crippen molar-refractivity contribution >= 4 is 5.69 Å². The van der Waals surface area contributed by atoms with Gasteiger partial charge in [0.05, 0.1) is 0 Å². The molecule has 0 amide bonds. The molecular formula is C9H12FN. The fourth-order valence-corrected chi connectivity index (χ4v) is 0.868. The van der Waals surface area contributed by atoms with Gasteiger partial charge in [0, 0.05) is 12.2 Å². The third kappa shape index (κ3) is 2.58. The van der Waals surface area contributed by atoms with Crippen LogP contribution in [-0.2, 0) is 0 Å². The standard InChI is InChI=1S/C9H12FN/c1-2-6-11-9-5-3-4-8(10)7-9/h3-5,7,11H,2,6H2,1H3. The molecule has 1 nitrogen and oxygen atoms in total. The Morgan fingerprint density at radius 3 is 2.91 bits per heavy atom. The second-order valence-electron chi connectivity index (χ2n) is 2.44. The maximum absolute atomic E-state index is 12.6. The molecule has 1 aromatic carbocycles. The lowest BCUT2D eigenvalue weighted by molar-refractivity contribution is 0.628. The van der Waals surface area contributed by atoms with E-state index < -0.39 is 0 Å². The summed E-state index contributed by atoms with van der Waals surface area (Å²) in [7, 11) is 0. The second-order valence-corrected chi connectivity index (χ2v) is 2.44. The quantitative estimate of drug-likeness (QED) is 0.703. The Morgan fingerprint density at radius 2 is 2.27 bits per heavy atom. The van der Waals surface area contributed by atoms with Gasteiger partial charge >= 0.3 is 0 Å². The van der Waals surface area contributed by atoms with E-state index >= 15 is 0 Å². The van der Waals surface area contributed by atoms with Gasteiger partial charge in [-0.1, -0.05) is 13.0 Å². The maximum atomic E-state index is 12.6. The van der Waals surface area contributed by atoms with Crippen molar-refractivity contribution in [3.63, 3.8) is 0 Å². The van der Waals surface area contributed by atoms with Crippen molar-refractivity contribution in [2.45, 2.75) is 13.3 Å². The van der Waals surface area contributed by atoms with Gasteiger partial charge in [-0.25, -0.2) is 4.39 Å². The second kappa shape index (κ2) is 3.96. The van der Waals surface area contributed by atoms with Crippen LogP contribution in [0.5, 0.6) is 0 Å². The molecule has 0 atom stereocenters. The molecule has 0 saturated heterocycles. The summed E-state index contributed by atoms with van der Waals surface area (Å²) in [6, 6.07) is 6.50. The molecule has 0 heterocycles. The number of nitrogens with one attached hydrogen (secondary N) is 1. The van der Waals surface area contributed by atoms with E-state index in [0.717, 1.165) is 18.7 Å². The Morgan fingerprint density at radius 1 is 1.45 bits per heavy atom. The van der Waals surface area contributed by atoms with Gasteiger partial charge in [0.25, 0.3) is 0 Å². The first-order valence-electron chi connectivity index (χ1n) is 3.82. The van der Waals surface area contributed by atoms with Gasteiger partial charge in [-0.15, -0.1) is 0 Å². The summed E-state index contributed by atoms with van der Waals surface area (Å²) in [6.07, 6.45) is 1.05. The van der Waals surface area contributed by atoms with Gasteiger partial charge in [0.15, 0.2) is 0 Å². The molecule has 1 aromatic rings. The molecule has 0 unspecified atom stereocenters. The predicted octanol–water partition coefficient (Wildman–Crippen LogP) is 2.65. The highest BCUT2D eigenvalue weighted by atomic mass is 19.1. The Bertz CT molecular complexity index is 223. The molecule has 0 fully saturated rings. The Kier molecular flexibility index (Phi) is 2.90. The summed E-state index contributed by atoms with van der Waals surface area (Å²) in [5.41, 5.74) is 0.854. The topological polar surface area (TPSA) is 12.0 Å². The molecule has 1 N–H and O–H groups in total. The van der Waals surface area contributed by atoms with E-state index in [1.54, 1.807) is 6.07 Å². The first-order valence-corrected chi connectivity index (χ1v) is 3.82. The summed E-state index contributed by atoms with van der Waals surface area (Å²) >= 11 is 0. The number of halogens is 1. The highest BCUT2D eigenvalue weighted by Crippen LogP contribution is 2.08. The SMILES string of the molecule is CCCNc1cccc(F)c1. The molecule has 60 valence electrons. The minimum absolute atomic E-state index is 0.189. The number of rotatable bonds is 3. The van der Waals surface area contributed by atoms with Crippen molar-refractivity contribution in [2.75, 3.05) is 11.9 Å². The largest absolute Gasteiger partial charge is 0.385 e. The Balaban J connectivity index is 2.56. The van der Waals surface area contributed by atoms with Crippen LogP contribution in [0.3, 0.4) is 0 Å². The van der Waals surface area contributed by atoms with Gasteiger partial charge in [0.2, 0.25) is 0 Å². The molecule has 0 aliphatic carbocycles. The monoisotopic (exact) mass is 153 g/mol. The zero-order valence-corrected chi connectivity index (χ0v) is 6.60. The van der Waals surface area contributed by atoms with Crippen molar-refractivity contribution < 1.29 is 4.39 Å². The van der Waals surface area contributed by atoms with Gasteiger partial charge < -0.3 is 5.32 Å². The Hall–Kier alpha value is -1.05. The van der Waals surface area contributed by atoms with Gasteiger partial charge in [-0.2, -0.15) is 0 Å². The Labute approximate surface area is 66.2 Å². The van der Waals surface area contributed by atoms with Crippen LogP contribution in [0.15, 0.2) is 24.3 Å². The molecule has 0 aliphatic rings. The lowest BCUT2D eigenvalue weighted by atomic mass is 10.3. The first-order chi connectivity index (χ1) is 5.33. The third-order valence-corrected chi connectivity index (χ3v) is 1.40. The van der Waals surface area contributed by atoms with Crippen LogP contribution in [0.1, 0.15) is 13.3 Å². The summed E-state index contributed by atoms with van der Waals surface area (Å²) in [5, 5.41) is 3.10. The smallest absolute Gasteiger partial charge is 0.125 e. The van der Waals surface area contributed by atoms with Crippen LogP contribution in [0.2, 0.25) is 0 Å². The van der Waals surface area contributed by atoms with E-state index in [1.807, 2.05) is 6.07 Å². The van der Waals surface area contributed by atoms with Crippen LogP contribution in [0.4, 0.5) is 10.1 Å². The van der Waals surface area contributed by atoms with E-state index in [9.17, 15) is 4.39 Å². The van der Waals surface area contributed by atoms with E-state index in [2.05, 4.69) is 12.2 Å². The molecule has 0 saturated carbocycles. The average Bonchev–Trinajstić information content (AvgIpc) is 2.01. The molecule has 0 radical (unpaired) electrons. The van der Waals surface area contributed by atoms with E-state index in [1.165, 1.54) is 12.1 Å². The average molecular weight is 153 g/mol.